The summed E-state index contributed by atoms with van der Waals surface area (Å²) in [5, 5.41) is 16.7. The number of fused-ring (bicyclic) bond motifs is 2. The number of nitrogens with zero attached hydrogens (tertiary/aromatic N) is 3. The maximum Gasteiger partial charge on any atom is 0.275 e. The monoisotopic (exact) mass is 436 g/mol. The number of para-hydroxylation sites is 1. The van der Waals surface area contributed by atoms with E-state index < -0.39 is 12.0 Å². The number of hydrogen-bond donors (Lipinski definition) is 2. The Hall–Kier alpha value is -3.78. The first-order valence-electron chi connectivity index (χ1n) is 9.89. The standard InChI is InChI=1S/C24H19F3N4O/c1-30-13-19(18-3-2-4-20(28)22(18)30)24(32,23(26)27)15-5-10-21-14(11-15)12-29-31(21)17-8-6-16(25)7-9-17/h2-13,23,32H,28H2,1H3. The van der Waals surface area contributed by atoms with Gasteiger partial charge in [-0.3, -0.25) is 0 Å². The molecule has 1 unspecified atom stereocenters. The highest BCUT2D eigenvalue weighted by Crippen LogP contribution is 2.42. The van der Waals surface area contributed by atoms with E-state index in [1.807, 2.05) is 0 Å². The molecule has 2 heterocycles. The molecule has 0 saturated heterocycles. The van der Waals surface area contributed by atoms with E-state index in [2.05, 4.69) is 5.10 Å². The second-order valence-electron chi connectivity index (χ2n) is 7.77. The maximum absolute atomic E-state index is 14.5. The quantitative estimate of drug-likeness (QED) is 0.400. The molecule has 5 aromatic rings. The molecule has 0 bridgehead atoms. The fourth-order valence-electron chi connectivity index (χ4n) is 4.26. The van der Waals surface area contributed by atoms with Crippen LogP contribution >= 0.6 is 0 Å². The third kappa shape index (κ3) is 2.87. The van der Waals surface area contributed by atoms with E-state index in [1.165, 1.54) is 36.7 Å². The van der Waals surface area contributed by atoms with Crippen LogP contribution in [-0.2, 0) is 12.6 Å². The molecular formula is C24H19F3N4O. The van der Waals surface area contributed by atoms with Crippen LogP contribution in [0.25, 0.3) is 27.5 Å². The van der Waals surface area contributed by atoms with Crippen molar-refractivity contribution in [3.05, 3.63) is 90.0 Å². The Morgan fingerprint density at radius 1 is 1.06 bits per heavy atom. The van der Waals surface area contributed by atoms with E-state index in [-0.39, 0.29) is 16.9 Å². The summed E-state index contributed by atoms with van der Waals surface area (Å²) in [7, 11) is 1.70. The van der Waals surface area contributed by atoms with Gasteiger partial charge in [0.25, 0.3) is 6.43 Å². The van der Waals surface area contributed by atoms with Crippen molar-refractivity contribution < 1.29 is 18.3 Å². The first-order chi connectivity index (χ1) is 15.3. The summed E-state index contributed by atoms with van der Waals surface area (Å²) in [6, 6.07) is 15.4. The highest BCUT2D eigenvalue weighted by molar-refractivity contribution is 5.94. The molecule has 3 aromatic carbocycles. The van der Waals surface area contributed by atoms with Crippen LogP contribution in [0.1, 0.15) is 11.1 Å². The lowest BCUT2D eigenvalue weighted by Crippen LogP contribution is -2.35. The van der Waals surface area contributed by atoms with Gasteiger partial charge in [0.2, 0.25) is 0 Å². The molecule has 5 nitrogen and oxygen atoms in total. The summed E-state index contributed by atoms with van der Waals surface area (Å²) in [6.45, 7) is 0. The van der Waals surface area contributed by atoms with Gasteiger partial charge in [-0.2, -0.15) is 5.10 Å². The van der Waals surface area contributed by atoms with Gasteiger partial charge in [-0.25, -0.2) is 17.9 Å². The Morgan fingerprint density at radius 3 is 2.53 bits per heavy atom. The molecule has 2 aromatic heterocycles. The van der Waals surface area contributed by atoms with Crippen molar-refractivity contribution in [3.8, 4) is 5.69 Å². The highest BCUT2D eigenvalue weighted by atomic mass is 19.3. The van der Waals surface area contributed by atoms with Crippen LogP contribution < -0.4 is 5.73 Å². The molecule has 0 radical (unpaired) electrons. The molecule has 0 saturated carbocycles. The second kappa shape index (κ2) is 7.13. The first-order valence-corrected chi connectivity index (χ1v) is 9.89. The fraction of sp³-hybridized carbons (Fsp3) is 0.125. The van der Waals surface area contributed by atoms with Gasteiger partial charge in [0.1, 0.15) is 5.82 Å². The minimum Gasteiger partial charge on any atom is -0.397 e. The zero-order valence-corrected chi connectivity index (χ0v) is 17.0. The van der Waals surface area contributed by atoms with E-state index in [4.69, 9.17) is 5.73 Å². The van der Waals surface area contributed by atoms with Crippen LogP contribution in [-0.4, -0.2) is 25.9 Å². The Labute approximate surface area is 181 Å². The highest BCUT2D eigenvalue weighted by Gasteiger charge is 2.44. The molecular weight excluding hydrogens is 417 g/mol. The number of benzene rings is 3. The summed E-state index contributed by atoms with van der Waals surface area (Å²) in [6.07, 6.45) is -0.0896. The SMILES string of the molecule is Cn1cc(C(O)(c2ccc3c(cnn3-c3ccc(F)cc3)c2)C(F)F)c2cccc(N)c21. The predicted octanol–water partition coefficient (Wildman–Crippen LogP) is 4.74. The molecule has 32 heavy (non-hydrogen) atoms. The van der Waals surface area contributed by atoms with Crippen molar-refractivity contribution in [3.63, 3.8) is 0 Å². The predicted molar refractivity (Wildman–Crippen MR) is 117 cm³/mol. The lowest BCUT2D eigenvalue weighted by atomic mass is 9.86. The lowest BCUT2D eigenvalue weighted by Gasteiger charge is -2.28. The van der Waals surface area contributed by atoms with Gasteiger partial charge in [0.15, 0.2) is 5.60 Å². The molecule has 0 fully saturated rings. The summed E-state index contributed by atoms with van der Waals surface area (Å²) in [5.74, 6) is -0.370. The van der Waals surface area contributed by atoms with Crippen LogP contribution in [0.2, 0.25) is 0 Å². The minimum atomic E-state index is -3.10. The maximum atomic E-state index is 14.5. The molecule has 5 rings (SSSR count). The Bertz CT molecular complexity index is 1460. The van der Waals surface area contributed by atoms with E-state index in [0.717, 1.165) is 0 Å². The Balaban J connectivity index is 1.69. The topological polar surface area (TPSA) is 69.0 Å². The van der Waals surface area contributed by atoms with Crippen LogP contribution in [0.3, 0.4) is 0 Å². The fourth-order valence-corrected chi connectivity index (χ4v) is 4.26. The van der Waals surface area contributed by atoms with Crippen LogP contribution in [0.4, 0.5) is 18.9 Å². The number of aliphatic hydroxyl groups is 1. The van der Waals surface area contributed by atoms with Crippen LogP contribution in [0, 0.1) is 5.82 Å². The van der Waals surface area contributed by atoms with Crippen molar-refractivity contribution in [2.75, 3.05) is 5.73 Å². The van der Waals surface area contributed by atoms with Gasteiger partial charge in [-0.05, 0) is 48.0 Å². The van der Waals surface area contributed by atoms with Crippen molar-refractivity contribution in [2.45, 2.75) is 12.0 Å². The number of hydrogen-bond acceptors (Lipinski definition) is 3. The average Bonchev–Trinajstić information content (AvgIpc) is 3.35. The molecule has 0 amide bonds. The molecule has 0 aliphatic heterocycles. The number of nitrogens with two attached hydrogens (primary N) is 1. The molecule has 0 spiro atoms. The van der Waals surface area contributed by atoms with Crippen LogP contribution in [0.15, 0.2) is 73.1 Å². The van der Waals surface area contributed by atoms with E-state index in [9.17, 15) is 18.3 Å². The number of anilines is 1. The van der Waals surface area contributed by atoms with Gasteiger partial charge in [-0.1, -0.05) is 18.2 Å². The Morgan fingerprint density at radius 2 is 1.81 bits per heavy atom. The van der Waals surface area contributed by atoms with Crippen molar-refractivity contribution in [1.82, 2.24) is 14.3 Å². The average molecular weight is 436 g/mol. The summed E-state index contributed by atoms with van der Waals surface area (Å²) in [4.78, 5) is 0. The molecule has 0 aliphatic carbocycles. The summed E-state index contributed by atoms with van der Waals surface area (Å²) >= 11 is 0. The summed E-state index contributed by atoms with van der Waals surface area (Å²) < 4.78 is 45.4. The van der Waals surface area contributed by atoms with E-state index >= 15 is 0 Å². The lowest BCUT2D eigenvalue weighted by molar-refractivity contribution is -0.0708. The number of aromatic nitrogens is 3. The normalized spacial score (nSPS) is 13.8. The largest absolute Gasteiger partial charge is 0.397 e. The number of rotatable bonds is 4. The van der Waals surface area contributed by atoms with Gasteiger partial charge < -0.3 is 15.4 Å². The minimum absolute atomic E-state index is 0.0357. The summed E-state index contributed by atoms with van der Waals surface area (Å²) in [5.41, 5.74) is 5.87. The van der Waals surface area contributed by atoms with Crippen molar-refractivity contribution in [1.29, 1.82) is 0 Å². The third-order valence-electron chi connectivity index (χ3n) is 5.84. The van der Waals surface area contributed by atoms with Gasteiger partial charge >= 0.3 is 0 Å². The Kier molecular flexibility index (Phi) is 4.49. The smallest absolute Gasteiger partial charge is 0.275 e. The third-order valence-corrected chi connectivity index (χ3v) is 5.84. The number of halogens is 3. The van der Waals surface area contributed by atoms with Crippen LogP contribution in [0.5, 0.6) is 0 Å². The molecule has 162 valence electrons. The van der Waals surface area contributed by atoms with Crippen molar-refractivity contribution in [2.24, 2.45) is 7.05 Å². The van der Waals surface area contributed by atoms with Gasteiger partial charge in [-0.15, -0.1) is 0 Å². The number of nitrogen functional groups attached to an aromatic ring is 1. The molecule has 0 aliphatic rings. The molecule has 8 heteroatoms. The van der Waals surface area contributed by atoms with E-state index in [1.54, 1.807) is 52.7 Å². The zero-order chi connectivity index (χ0) is 22.6. The molecule has 1 atom stereocenters. The van der Waals surface area contributed by atoms with Gasteiger partial charge in [0.05, 0.1) is 28.6 Å². The second-order valence-corrected chi connectivity index (χ2v) is 7.77. The molecule has 3 N–H and O–H groups in total. The number of aryl methyl sites for hydroxylation is 1. The first kappa shape index (κ1) is 20.1. The van der Waals surface area contributed by atoms with Gasteiger partial charge in [0, 0.05) is 29.6 Å². The van der Waals surface area contributed by atoms with Crippen molar-refractivity contribution >= 4 is 27.5 Å². The van der Waals surface area contributed by atoms with E-state index in [0.29, 0.717) is 33.2 Å². The number of alkyl halides is 2. The zero-order valence-electron chi connectivity index (χ0n) is 17.0.